The van der Waals surface area contributed by atoms with Crippen LogP contribution in [0.15, 0.2) is 36.8 Å². The van der Waals surface area contributed by atoms with Crippen LogP contribution in [0.25, 0.3) is 22.0 Å². The van der Waals surface area contributed by atoms with Gasteiger partial charge in [-0.3, -0.25) is 19.3 Å². The van der Waals surface area contributed by atoms with Crippen molar-refractivity contribution in [2.45, 2.75) is 91.5 Å². The van der Waals surface area contributed by atoms with E-state index >= 15 is 0 Å². The number of carbonyl (C=O) groups is 2. The normalized spacial score (nSPS) is 17.4. The van der Waals surface area contributed by atoms with Gasteiger partial charge in [0.2, 0.25) is 12.3 Å². The average molecular weight is 711 g/mol. The Morgan fingerprint density at radius 2 is 1.85 bits per heavy atom. The Morgan fingerprint density at radius 3 is 2.48 bits per heavy atom. The van der Waals surface area contributed by atoms with E-state index in [1.807, 2.05) is 48.7 Å². The number of alkyl halides is 2. The van der Waals surface area contributed by atoms with Gasteiger partial charge in [0.25, 0.3) is 13.1 Å². The molecule has 52 heavy (non-hydrogen) atoms. The van der Waals surface area contributed by atoms with E-state index in [0.717, 1.165) is 95.4 Å². The van der Waals surface area contributed by atoms with E-state index in [1.54, 1.807) is 30.3 Å². The van der Waals surface area contributed by atoms with E-state index in [0.29, 0.717) is 51.4 Å². The summed E-state index contributed by atoms with van der Waals surface area (Å²) in [6.45, 7) is 11.2. The van der Waals surface area contributed by atoms with Gasteiger partial charge in [-0.15, -0.1) is 0 Å². The number of nitriles is 1. The van der Waals surface area contributed by atoms with Gasteiger partial charge in [0.15, 0.2) is 5.82 Å². The number of hydrogen-bond donors (Lipinski definition) is 0. The highest BCUT2D eigenvalue weighted by atomic mass is 19.3. The van der Waals surface area contributed by atoms with Gasteiger partial charge in [0.05, 0.1) is 18.1 Å². The maximum Gasteiger partial charge on any atom is 0.268 e. The molecular weight excluding hydrogens is 661 g/mol. The molecule has 0 atom stereocenters. The summed E-state index contributed by atoms with van der Waals surface area (Å²) in [6.07, 6.45) is 9.79. The van der Waals surface area contributed by atoms with Crippen LogP contribution in [0.3, 0.4) is 0 Å². The number of rotatable bonds is 5. The van der Waals surface area contributed by atoms with Crippen LogP contribution in [0.4, 0.5) is 20.3 Å². The van der Waals surface area contributed by atoms with Crippen molar-refractivity contribution >= 4 is 41.4 Å². The molecule has 3 aromatic heterocycles. The molecule has 274 valence electrons. The Morgan fingerprint density at radius 1 is 1.10 bits per heavy atom. The molecule has 2 saturated heterocycles. The number of aromatic nitrogens is 4. The lowest BCUT2D eigenvalue weighted by molar-refractivity contribution is -0.129. The number of fused-ring (bicyclic) bond motifs is 3. The molecule has 4 aliphatic heterocycles. The zero-order chi connectivity index (χ0) is 37.1. The van der Waals surface area contributed by atoms with Gasteiger partial charge in [-0.25, -0.2) is 14.0 Å². The third-order valence-corrected chi connectivity index (χ3v) is 11.0. The predicted molar refractivity (Wildman–Crippen MR) is 201 cm³/mol. The smallest absolute Gasteiger partial charge is 0.268 e. The van der Waals surface area contributed by atoms with Gasteiger partial charge >= 0.3 is 0 Å². The Balaban J connectivity index is 0.000000458. The van der Waals surface area contributed by atoms with Gasteiger partial charge in [-0.05, 0) is 55.0 Å². The van der Waals surface area contributed by atoms with Crippen LogP contribution in [0.1, 0.15) is 81.8 Å². The maximum atomic E-state index is 14.8. The number of amides is 2. The Bertz CT molecular complexity index is 1960. The summed E-state index contributed by atoms with van der Waals surface area (Å²) >= 11 is 0. The van der Waals surface area contributed by atoms with Gasteiger partial charge < -0.3 is 19.3 Å². The number of pyridine rings is 1. The number of nitrogens with zero attached hydrogens (tertiary/aromatic N) is 8. The quantitative estimate of drug-likeness (QED) is 0.158. The third-order valence-electron chi connectivity index (χ3n) is 11.0. The minimum Gasteiger partial charge on any atom is -0.350 e. The largest absolute Gasteiger partial charge is 0.350 e. The van der Waals surface area contributed by atoms with Gasteiger partial charge in [0, 0.05) is 105 Å². The molecule has 0 aliphatic carbocycles. The van der Waals surface area contributed by atoms with Crippen LogP contribution in [0, 0.1) is 17.1 Å². The van der Waals surface area contributed by atoms with Crippen molar-refractivity contribution in [1.29, 1.82) is 5.26 Å². The van der Waals surface area contributed by atoms with Crippen molar-refractivity contribution in [3.05, 3.63) is 59.2 Å². The summed E-state index contributed by atoms with van der Waals surface area (Å²) in [6, 6.07) is 5.63. The van der Waals surface area contributed by atoms with Gasteiger partial charge in [-0.2, -0.15) is 5.10 Å². The first-order valence-electron chi connectivity index (χ1n) is 18.7. The van der Waals surface area contributed by atoms with Gasteiger partial charge in [-0.1, -0.05) is 39.3 Å². The number of benzene rings is 1. The fourth-order valence-corrected chi connectivity index (χ4v) is 8.19. The zero-order valence-corrected chi connectivity index (χ0v) is 31.0. The SMILES string of the molecule is CC.CC(=O)N1CCc2c(c(N3CCCc4cc(-c5cn(C)c6ccncc56)c(C(F)F)cc43)nn2C2CCN(C=O)CC2)C1.CC1CB(C#N)C1. The Kier molecular flexibility index (Phi) is 11.3. The monoisotopic (exact) mass is 710 g/mol. The van der Waals surface area contributed by atoms with E-state index in [1.165, 1.54) is 0 Å². The van der Waals surface area contributed by atoms with E-state index in [-0.39, 0.29) is 17.5 Å². The molecule has 2 amide bonds. The maximum absolute atomic E-state index is 14.8. The Labute approximate surface area is 305 Å². The summed E-state index contributed by atoms with van der Waals surface area (Å²) in [5.74, 6) is 3.82. The lowest BCUT2D eigenvalue weighted by Crippen LogP contribution is -2.37. The first kappa shape index (κ1) is 37.0. The number of likely N-dealkylation sites (tertiary alicyclic amines) is 1. The van der Waals surface area contributed by atoms with Crippen molar-refractivity contribution < 1.29 is 18.4 Å². The Hall–Kier alpha value is -4.73. The van der Waals surface area contributed by atoms with Crippen LogP contribution in [-0.2, 0) is 36.0 Å². The zero-order valence-electron chi connectivity index (χ0n) is 31.0. The molecule has 0 unspecified atom stereocenters. The topological polar surface area (TPSA) is 103 Å². The predicted octanol–water partition coefficient (Wildman–Crippen LogP) is 7.38. The standard InChI is InChI=1S/C32H35F2N7O2.C5H8BN.C2H6/c1-20(43)39-13-8-29-27(18-39)32(36-41(29)22-6-11-38(19-42)12-7-22)40-10-3-4-21-14-23(24(31(33)34)15-30(21)40)26-17-37(2)28-5-9-35-16-25(26)28;1-5-2-6(3-5)4-7;1-2/h5,9,14-17,19,22,31H,3-4,6-8,10-13,18H2,1-2H3;5H,2-3H2,1H3;1-2H3. The van der Waals surface area contributed by atoms with Crippen LogP contribution in [0.5, 0.6) is 0 Å². The number of halogens is 2. The molecule has 10 nitrogen and oxygen atoms in total. The summed E-state index contributed by atoms with van der Waals surface area (Å²) < 4.78 is 33.7. The molecular formula is C39H49BF2N8O2. The first-order valence-corrected chi connectivity index (χ1v) is 18.7. The summed E-state index contributed by atoms with van der Waals surface area (Å²) in [5.41, 5.74) is 6.08. The van der Waals surface area contributed by atoms with E-state index in [4.69, 9.17) is 10.4 Å². The van der Waals surface area contributed by atoms with Crippen LogP contribution >= 0.6 is 0 Å². The number of anilines is 2. The summed E-state index contributed by atoms with van der Waals surface area (Å²) in [7, 11) is 1.92. The second-order valence-electron chi connectivity index (χ2n) is 14.3. The van der Waals surface area contributed by atoms with Gasteiger partial charge in [0.1, 0.15) is 0 Å². The van der Waals surface area contributed by atoms with E-state index in [9.17, 15) is 18.4 Å². The van der Waals surface area contributed by atoms with Crippen LogP contribution in [-0.4, -0.2) is 74.3 Å². The molecule has 0 spiro atoms. The third kappa shape index (κ3) is 7.17. The van der Waals surface area contributed by atoms with Crippen molar-refractivity contribution in [3.63, 3.8) is 0 Å². The lowest BCUT2D eigenvalue weighted by atomic mass is 9.33. The van der Waals surface area contributed by atoms with Crippen LogP contribution < -0.4 is 4.90 Å². The number of hydrogen-bond acceptors (Lipinski definition) is 6. The highest BCUT2D eigenvalue weighted by Gasteiger charge is 2.35. The molecule has 2 fully saturated rings. The molecule has 0 radical (unpaired) electrons. The highest BCUT2D eigenvalue weighted by Crippen LogP contribution is 2.45. The molecule has 4 aliphatic rings. The molecule has 0 saturated carbocycles. The second-order valence-corrected chi connectivity index (χ2v) is 14.3. The fraction of sp³-hybridized carbons (Fsp3) is 0.513. The van der Waals surface area contributed by atoms with E-state index < -0.39 is 6.43 Å². The number of aryl methyl sites for hydroxylation is 2. The molecule has 7 heterocycles. The average Bonchev–Trinajstić information content (AvgIpc) is 3.71. The summed E-state index contributed by atoms with van der Waals surface area (Å²) in [5, 5.41) is 14.3. The second kappa shape index (κ2) is 15.9. The molecule has 0 N–H and O–H groups in total. The van der Waals surface area contributed by atoms with Crippen LogP contribution in [0.2, 0.25) is 12.6 Å². The minimum absolute atomic E-state index is 0.0110. The number of piperidine rings is 1. The fourth-order valence-electron chi connectivity index (χ4n) is 8.19. The summed E-state index contributed by atoms with van der Waals surface area (Å²) in [4.78, 5) is 33.7. The first-order chi connectivity index (χ1) is 25.2. The van der Waals surface area contributed by atoms with E-state index in [2.05, 4.69) is 27.5 Å². The lowest BCUT2D eigenvalue weighted by Gasteiger charge is -2.33. The molecule has 4 aromatic rings. The van der Waals surface area contributed by atoms with Crippen molar-refractivity contribution in [2.24, 2.45) is 13.0 Å². The van der Waals surface area contributed by atoms with Crippen molar-refractivity contribution in [2.75, 3.05) is 31.1 Å². The minimum atomic E-state index is -2.67. The van der Waals surface area contributed by atoms with Crippen molar-refractivity contribution in [1.82, 2.24) is 29.1 Å². The number of carbonyl (C=O) groups excluding carboxylic acids is 2. The van der Waals surface area contributed by atoms with Crippen molar-refractivity contribution in [3.8, 4) is 17.1 Å². The molecule has 13 heteroatoms. The molecule has 0 bridgehead atoms. The highest BCUT2D eigenvalue weighted by molar-refractivity contribution is 6.69. The molecule has 1 aromatic carbocycles. The molecule has 8 rings (SSSR count).